The molecule has 0 spiro atoms. The lowest BCUT2D eigenvalue weighted by molar-refractivity contribution is 0.0646. The molecule has 2 aliphatic rings. The lowest BCUT2D eigenvalue weighted by Gasteiger charge is -2.32. The van der Waals surface area contributed by atoms with Crippen molar-refractivity contribution in [2.45, 2.75) is 45.2 Å². The van der Waals surface area contributed by atoms with Crippen molar-refractivity contribution < 1.29 is 9.21 Å². The standard InChI is InChI=1S/C14H17N5O2/c1-8-5-18(14(20)12-9(2)15-7-21-12)6-11-16-17-13(19(8)11)10-3-4-10/h7-8,10H,3-6H2,1-2H3/t8-/m0/s1. The van der Waals surface area contributed by atoms with Crippen molar-refractivity contribution in [1.29, 1.82) is 0 Å². The number of hydrogen-bond acceptors (Lipinski definition) is 5. The van der Waals surface area contributed by atoms with Crippen LogP contribution in [0.4, 0.5) is 0 Å². The zero-order chi connectivity index (χ0) is 14.6. The van der Waals surface area contributed by atoms with Crippen LogP contribution in [0, 0.1) is 6.92 Å². The minimum atomic E-state index is -0.126. The summed E-state index contributed by atoms with van der Waals surface area (Å²) < 4.78 is 7.41. The normalized spacial score (nSPS) is 21.4. The third-order valence-corrected chi connectivity index (χ3v) is 4.22. The number of rotatable bonds is 2. The van der Waals surface area contributed by atoms with Crippen molar-refractivity contribution in [3.05, 3.63) is 29.5 Å². The van der Waals surface area contributed by atoms with Gasteiger partial charge < -0.3 is 13.9 Å². The second kappa shape index (κ2) is 4.41. The van der Waals surface area contributed by atoms with Crippen LogP contribution in [0.25, 0.3) is 0 Å². The van der Waals surface area contributed by atoms with E-state index in [9.17, 15) is 4.79 Å². The Kier molecular flexibility index (Phi) is 2.63. The number of aromatic nitrogens is 4. The van der Waals surface area contributed by atoms with Gasteiger partial charge in [-0.05, 0) is 26.7 Å². The van der Waals surface area contributed by atoms with E-state index in [4.69, 9.17) is 4.42 Å². The molecule has 3 heterocycles. The Bertz CT molecular complexity index is 700. The smallest absolute Gasteiger partial charge is 0.292 e. The first-order valence-electron chi connectivity index (χ1n) is 7.28. The van der Waals surface area contributed by atoms with Crippen molar-refractivity contribution in [2.24, 2.45) is 0 Å². The van der Waals surface area contributed by atoms with E-state index in [-0.39, 0.29) is 11.9 Å². The minimum absolute atomic E-state index is 0.126. The van der Waals surface area contributed by atoms with Gasteiger partial charge in [0.1, 0.15) is 5.82 Å². The van der Waals surface area contributed by atoms with E-state index < -0.39 is 0 Å². The van der Waals surface area contributed by atoms with Gasteiger partial charge in [-0.25, -0.2) is 4.98 Å². The van der Waals surface area contributed by atoms with Crippen molar-refractivity contribution in [2.75, 3.05) is 6.54 Å². The summed E-state index contributed by atoms with van der Waals surface area (Å²) in [4.78, 5) is 18.3. The molecule has 0 N–H and O–H groups in total. The molecule has 21 heavy (non-hydrogen) atoms. The maximum absolute atomic E-state index is 12.5. The second-order valence-electron chi connectivity index (χ2n) is 5.92. The second-order valence-corrected chi connectivity index (χ2v) is 5.92. The summed E-state index contributed by atoms with van der Waals surface area (Å²) in [5.74, 6) is 2.70. The van der Waals surface area contributed by atoms with Crippen LogP contribution in [-0.4, -0.2) is 37.1 Å². The number of fused-ring (bicyclic) bond motifs is 1. The lowest BCUT2D eigenvalue weighted by Crippen LogP contribution is -2.40. The number of nitrogens with zero attached hydrogens (tertiary/aromatic N) is 5. The highest BCUT2D eigenvalue weighted by molar-refractivity contribution is 5.92. The Balaban J connectivity index is 1.63. The van der Waals surface area contributed by atoms with Gasteiger partial charge in [0, 0.05) is 12.5 Å². The summed E-state index contributed by atoms with van der Waals surface area (Å²) >= 11 is 0. The largest absolute Gasteiger partial charge is 0.438 e. The minimum Gasteiger partial charge on any atom is -0.438 e. The average molecular weight is 287 g/mol. The summed E-state index contributed by atoms with van der Waals surface area (Å²) in [5.41, 5.74) is 0.623. The fourth-order valence-electron chi connectivity index (χ4n) is 2.99. The molecule has 0 bridgehead atoms. The molecule has 0 saturated heterocycles. The first kappa shape index (κ1) is 12.6. The Labute approximate surface area is 122 Å². The van der Waals surface area contributed by atoms with E-state index >= 15 is 0 Å². The Morgan fingerprint density at radius 3 is 2.86 bits per heavy atom. The predicted molar refractivity (Wildman–Crippen MR) is 72.7 cm³/mol. The van der Waals surface area contributed by atoms with E-state index in [0.29, 0.717) is 30.5 Å². The zero-order valence-corrected chi connectivity index (χ0v) is 12.1. The van der Waals surface area contributed by atoms with Crippen LogP contribution in [-0.2, 0) is 6.54 Å². The topological polar surface area (TPSA) is 77.1 Å². The highest BCUT2D eigenvalue weighted by Gasteiger charge is 2.36. The predicted octanol–water partition coefficient (Wildman–Crippen LogP) is 1.67. The van der Waals surface area contributed by atoms with E-state index in [1.165, 1.54) is 19.2 Å². The number of hydrogen-bond donors (Lipinski definition) is 0. The summed E-state index contributed by atoms with van der Waals surface area (Å²) in [6.07, 6.45) is 3.71. The first-order valence-corrected chi connectivity index (χ1v) is 7.28. The third-order valence-electron chi connectivity index (χ3n) is 4.22. The molecule has 1 atom stereocenters. The van der Waals surface area contributed by atoms with E-state index in [1.54, 1.807) is 11.8 Å². The van der Waals surface area contributed by atoms with Gasteiger partial charge in [-0.2, -0.15) is 0 Å². The third kappa shape index (κ3) is 1.95. The monoisotopic (exact) mass is 287 g/mol. The van der Waals surface area contributed by atoms with Crippen LogP contribution < -0.4 is 0 Å². The summed E-state index contributed by atoms with van der Waals surface area (Å²) in [6.45, 7) is 5.00. The van der Waals surface area contributed by atoms with Crippen molar-refractivity contribution in [1.82, 2.24) is 24.6 Å². The molecule has 0 aromatic carbocycles. The first-order chi connectivity index (χ1) is 10.1. The SMILES string of the molecule is Cc1ncoc1C(=O)N1Cc2nnc(C3CC3)n2[C@@H](C)C1. The fourth-order valence-corrected chi connectivity index (χ4v) is 2.99. The average Bonchev–Trinajstić information content (AvgIpc) is 3.07. The van der Waals surface area contributed by atoms with Gasteiger partial charge in [0.25, 0.3) is 5.91 Å². The molecule has 110 valence electrons. The van der Waals surface area contributed by atoms with Gasteiger partial charge in [0.05, 0.1) is 18.3 Å². The van der Waals surface area contributed by atoms with Crippen LogP contribution in [0.5, 0.6) is 0 Å². The molecule has 1 amide bonds. The van der Waals surface area contributed by atoms with Crippen LogP contribution >= 0.6 is 0 Å². The quantitative estimate of drug-likeness (QED) is 0.839. The number of aryl methyl sites for hydroxylation is 1. The summed E-state index contributed by atoms with van der Waals surface area (Å²) in [7, 11) is 0. The molecule has 0 radical (unpaired) electrons. The number of carbonyl (C=O) groups is 1. The van der Waals surface area contributed by atoms with Gasteiger partial charge in [-0.3, -0.25) is 4.79 Å². The molecule has 1 fully saturated rings. The molecule has 2 aromatic rings. The Hall–Kier alpha value is -2.18. The lowest BCUT2D eigenvalue weighted by atomic mass is 10.2. The molecule has 7 nitrogen and oxygen atoms in total. The molecule has 1 saturated carbocycles. The molecule has 4 rings (SSSR count). The Morgan fingerprint density at radius 2 is 2.19 bits per heavy atom. The fraction of sp³-hybridized carbons (Fsp3) is 0.571. The molecular formula is C14H17N5O2. The number of carbonyl (C=O) groups excluding carboxylic acids is 1. The molecule has 1 aliphatic carbocycles. The molecular weight excluding hydrogens is 270 g/mol. The van der Waals surface area contributed by atoms with Crippen LogP contribution in [0.2, 0.25) is 0 Å². The van der Waals surface area contributed by atoms with E-state index in [1.807, 2.05) is 0 Å². The Morgan fingerprint density at radius 1 is 1.38 bits per heavy atom. The highest BCUT2D eigenvalue weighted by atomic mass is 16.3. The van der Waals surface area contributed by atoms with Gasteiger partial charge in [0.15, 0.2) is 12.2 Å². The zero-order valence-electron chi connectivity index (χ0n) is 12.1. The van der Waals surface area contributed by atoms with Gasteiger partial charge in [-0.1, -0.05) is 0 Å². The van der Waals surface area contributed by atoms with Gasteiger partial charge in [-0.15, -0.1) is 10.2 Å². The molecule has 1 aliphatic heterocycles. The van der Waals surface area contributed by atoms with Crippen LogP contribution in [0.1, 0.15) is 59.6 Å². The van der Waals surface area contributed by atoms with Gasteiger partial charge in [0.2, 0.25) is 5.76 Å². The van der Waals surface area contributed by atoms with Crippen molar-refractivity contribution in [3.63, 3.8) is 0 Å². The van der Waals surface area contributed by atoms with Crippen LogP contribution in [0.3, 0.4) is 0 Å². The van der Waals surface area contributed by atoms with E-state index in [0.717, 1.165) is 11.6 Å². The van der Waals surface area contributed by atoms with Crippen molar-refractivity contribution in [3.8, 4) is 0 Å². The maximum Gasteiger partial charge on any atom is 0.292 e. The number of oxazole rings is 1. The van der Waals surface area contributed by atoms with Crippen LogP contribution in [0.15, 0.2) is 10.8 Å². The number of amides is 1. The highest BCUT2D eigenvalue weighted by Crippen LogP contribution is 2.41. The van der Waals surface area contributed by atoms with Crippen molar-refractivity contribution >= 4 is 5.91 Å². The van der Waals surface area contributed by atoms with Gasteiger partial charge >= 0.3 is 0 Å². The summed E-state index contributed by atoms with van der Waals surface area (Å²) in [6, 6.07) is 0.187. The molecule has 0 unspecified atom stereocenters. The molecule has 7 heteroatoms. The summed E-state index contributed by atoms with van der Waals surface area (Å²) in [5, 5.41) is 8.60. The maximum atomic E-state index is 12.5. The molecule has 2 aromatic heterocycles. The van der Waals surface area contributed by atoms with E-state index in [2.05, 4.69) is 26.7 Å².